The molecule has 0 radical (unpaired) electrons. The Hall–Kier alpha value is -3.61. The number of carbonyl (C=O) groups excluding carboxylic acids is 3. The van der Waals surface area contributed by atoms with Gasteiger partial charge in [-0.3, -0.25) is 4.79 Å². The summed E-state index contributed by atoms with van der Waals surface area (Å²) in [5.41, 5.74) is 2.03. The Morgan fingerprint density at radius 3 is 2.16 bits per heavy atom. The SMILES string of the molecule is CCCCCc1ccc(C(=O)Nc2ccccc2O/C(=C\C(=O)OCC(C)C)C(=O)OCC(C)C)cc1. The number of aryl methyl sites for hydroxylation is 1. The maximum Gasteiger partial charge on any atom is 0.374 e. The third-order valence-electron chi connectivity index (χ3n) is 5.20. The number of anilines is 1. The molecule has 2 aromatic rings. The summed E-state index contributed by atoms with van der Waals surface area (Å²) in [4.78, 5) is 37.9. The van der Waals surface area contributed by atoms with Crippen LogP contribution in [0.3, 0.4) is 0 Å². The van der Waals surface area contributed by atoms with Gasteiger partial charge >= 0.3 is 11.9 Å². The first-order chi connectivity index (χ1) is 17.7. The van der Waals surface area contributed by atoms with E-state index in [4.69, 9.17) is 14.2 Å². The molecule has 1 amide bonds. The van der Waals surface area contributed by atoms with E-state index in [2.05, 4.69) is 12.2 Å². The molecule has 0 saturated carbocycles. The maximum absolute atomic E-state index is 12.9. The highest BCUT2D eigenvalue weighted by molar-refractivity contribution is 6.05. The van der Waals surface area contributed by atoms with Crippen LogP contribution in [0.15, 0.2) is 60.4 Å². The zero-order valence-electron chi connectivity index (χ0n) is 22.5. The molecule has 2 rings (SSSR count). The standard InChI is InChI=1S/C30H39NO6/c1-6-7-8-11-23-14-16-24(17-15-23)29(33)31-25-12-9-10-13-26(25)37-27(30(34)36-20-22(4)5)18-28(32)35-19-21(2)3/h9-10,12-18,21-22H,6-8,11,19-20H2,1-5H3,(H,31,33)/b27-18-. The Kier molecular flexibility index (Phi) is 12.4. The molecule has 7 nitrogen and oxygen atoms in total. The van der Waals surface area contributed by atoms with Crippen molar-refractivity contribution >= 4 is 23.5 Å². The number of para-hydroxylation sites is 2. The number of nitrogens with one attached hydrogen (secondary N) is 1. The van der Waals surface area contributed by atoms with Crippen LogP contribution in [0.25, 0.3) is 0 Å². The van der Waals surface area contributed by atoms with E-state index in [1.54, 1.807) is 36.4 Å². The molecule has 0 aliphatic carbocycles. The average Bonchev–Trinajstić information content (AvgIpc) is 2.87. The smallest absolute Gasteiger partial charge is 0.374 e. The zero-order chi connectivity index (χ0) is 27.2. The van der Waals surface area contributed by atoms with Gasteiger partial charge in [0.25, 0.3) is 5.91 Å². The summed E-state index contributed by atoms with van der Waals surface area (Å²) in [6.45, 7) is 10.1. The summed E-state index contributed by atoms with van der Waals surface area (Å²) in [6.07, 6.45) is 5.41. The molecule has 0 atom stereocenters. The van der Waals surface area contributed by atoms with Gasteiger partial charge in [0.15, 0.2) is 5.75 Å². The van der Waals surface area contributed by atoms with Gasteiger partial charge in [0.2, 0.25) is 5.76 Å². The number of ether oxygens (including phenoxy) is 3. The third-order valence-corrected chi connectivity index (χ3v) is 5.20. The molecule has 0 unspecified atom stereocenters. The summed E-state index contributed by atoms with van der Waals surface area (Å²) >= 11 is 0. The van der Waals surface area contributed by atoms with Crippen molar-refractivity contribution in [3.63, 3.8) is 0 Å². The van der Waals surface area contributed by atoms with Gasteiger partial charge in [0, 0.05) is 5.56 Å². The number of carbonyl (C=O) groups is 3. The second-order valence-corrected chi connectivity index (χ2v) is 9.73. The van der Waals surface area contributed by atoms with Crippen LogP contribution in [0.5, 0.6) is 5.75 Å². The van der Waals surface area contributed by atoms with E-state index in [9.17, 15) is 14.4 Å². The minimum Gasteiger partial charge on any atom is -0.462 e. The molecule has 0 aromatic heterocycles. The first-order valence-corrected chi connectivity index (χ1v) is 12.9. The van der Waals surface area contributed by atoms with Gasteiger partial charge in [0.1, 0.15) is 0 Å². The van der Waals surface area contributed by atoms with Gasteiger partial charge in [-0.1, -0.05) is 71.7 Å². The second-order valence-electron chi connectivity index (χ2n) is 9.73. The maximum atomic E-state index is 12.9. The first kappa shape index (κ1) is 29.6. The Labute approximate surface area is 220 Å². The van der Waals surface area contributed by atoms with Crippen molar-refractivity contribution < 1.29 is 28.6 Å². The average molecular weight is 510 g/mol. The van der Waals surface area contributed by atoms with Crippen LogP contribution in [0.2, 0.25) is 0 Å². The molecule has 200 valence electrons. The predicted octanol–water partition coefficient (Wildman–Crippen LogP) is 6.33. The second kappa shape index (κ2) is 15.5. The van der Waals surface area contributed by atoms with E-state index in [1.165, 1.54) is 12.0 Å². The summed E-state index contributed by atoms with van der Waals surface area (Å²) in [5, 5.41) is 2.83. The largest absolute Gasteiger partial charge is 0.462 e. The van der Waals surface area contributed by atoms with E-state index < -0.39 is 11.9 Å². The van der Waals surface area contributed by atoms with Crippen LogP contribution in [0, 0.1) is 11.8 Å². The van der Waals surface area contributed by atoms with E-state index in [-0.39, 0.29) is 42.5 Å². The molecule has 7 heteroatoms. The van der Waals surface area contributed by atoms with Crippen LogP contribution in [0.1, 0.15) is 69.8 Å². The fraction of sp³-hybridized carbons (Fsp3) is 0.433. The molecule has 0 spiro atoms. The number of benzene rings is 2. The topological polar surface area (TPSA) is 90.9 Å². The minimum absolute atomic E-state index is 0.0997. The summed E-state index contributed by atoms with van der Waals surface area (Å²) in [7, 11) is 0. The molecule has 0 fully saturated rings. The molecule has 0 saturated heterocycles. The zero-order valence-corrected chi connectivity index (χ0v) is 22.5. The van der Waals surface area contributed by atoms with Gasteiger partial charge in [-0.15, -0.1) is 0 Å². The Balaban J connectivity index is 2.19. The first-order valence-electron chi connectivity index (χ1n) is 12.9. The highest BCUT2D eigenvalue weighted by Gasteiger charge is 2.20. The van der Waals surface area contributed by atoms with Gasteiger partial charge in [-0.2, -0.15) is 0 Å². The highest BCUT2D eigenvalue weighted by Crippen LogP contribution is 2.27. The van der Waals surface area contributed by atoms with Gasteiger partial charge < -0.3 is 19.5 Å². The molecule has 37 heavy (non-hydrogen) atoms. The normalized spacial score (nSPS) is 11.4. The summed E-state index contributed by atoms with van der Waals surface area (Å²) < 4.78 is 16.2. The van der Waals surface area contributed by atoms with Crippen molar-refractivity contribution in [2.45, 2.75) is 60.3 Å². The molecule has 0 aliphatic heterocycles. The number of hydrogen-bond acceptors (Lipinski definition) is 6. The fourth-order valence-corrected chi connectivity index (χ4v) is 3.21. The number of esters is 2. The Bertz CT molecular complexity index is 1060. The van der Waals surface area contributed by atoms with Crippen LogP contribution >= 0.6 is 0 Å². The van der Waals surface area contributed by atoms with Gasteiger partial charge in [0.05, 0.1) is 25.0 Å². The monoisotopic (exact) mass is 509 g/mol. The van der Waals surface area contributed by atoms with Crippen molar-refractivity contribution in [2.24, 2.45) is 11.8 Å². The quantitative estimate of drug-likeness (QED) is 0.138. The van der Waals surface area contributed by atoms with Crippen LogP contribution in [-0.2, 0) is 25.5 Å². The molecule has 0 bridgehead atoms. The van der Waals surface area contributed by atoms with Crippen LogP contribution < -0.4 is 10.1 Å². The van der Waals surface area contributed by atoms with Crippen LogP contribution in [-0.4, -0.2) is 31.1 Å². The van der Waals surface area contributed by atoms with E-state index in [0.717, 1.165) is 25.3 Å². The molecule has 1 N–H and O–H groups in total. The van der Waals surface area contributed by atoms with Gasteiger partial charge in [-0.05, 0) is 54.5 Å². The number of rotatable bonds is 14. The lowest BCUT2D eigenvalue weighted by Gasteiger charge is -2.15. The van der Waals surface area contributed by atoms with E-state index in [0.29, 0.717) is 11.3 Å². The van der Waals surface area contributed by atoms with Crippen molar-refractivity contribution in [3.05, 3.63) is 71.5 Å². The molecular weight excluding hydrogens is 470 g/mol. The van der Waals surface area contributed by atoms with E-state index >= 15 is 0 Å². The lowest BCUT2D eigenvalue weighted by atomic mass is 10.1. The van der Waals surface area contributed by atoms with Crippen molar-refractivity contribution in [1.29, 1.82) is 0 Å². The number of hydrogen-bond donors (Lipinski definition) is 1. The van der Waals surface area contributed by atoms with Crippen molar-refractivity contribution in [2.75, 3.05) is 18.5 Å². The highest BCUT2D eigenvalue weighted by atomic mass is 16.6. The van der Waals surface area contributed by atoms with Gasteiger partial charge in [-0.25, -0.2) is 9.59 Å². The van der Waals surface area contributed by atoms with Crippen LogP contribution in [0.4, 0.5) is 5.69 Å². The van der Waals surface area contributed by atoms with E-state index in [1.807, 2.05) is 39.8 Å². The lowest BCUT2D eigenvalue weighted by molar-refractivity contribution is -0.144. The Morgan fingerprint density at radius 2 is 1.51 bits per heavy atom. The lowest BCUT2D eigenvalue weighted by Crippen LogP contribution is -2.19. The molecule has 0 heterocycles. The predicted molar refractivity (Wildman–Crippen MR) is 144 cm³/mol. The summed E-state index contributed by atoms with van der Waals surface area (Å²) in [5.74, 6) is -1.73. The van der Waals surface area contributed by atoms with Crippen molar-refractivity contribution in [3.8, 4) is 5.75 Å². The van der Waals surface area contributed by atoms with Crippen molar-refractivity contribution in [1.82, 2.24) is 0 Å². The third kappa shape index (κ3) is 10.9. The Morgan fingerprint density at radius 1 is 0.865 bits per heavy atom. The molecule has 0 aliphatic rings. The minimum atomic E-state index is -0.796. The number of amides is 1. The number of unbranched alkanes of at least 4 members (excludes halogenated alkanes) is 2. The fourth-order valence-electron chi connectivity index (χ4n) is 3.21. The summed E-state index contributed by atoms with van der Waals surface area (Å²) in [6, 6.07) is 14.2. The molecule has 2 aromatic carbocycles. The molecular formula is C30H39NO6.